The molecule has 1 N–H and O–H groups in total. The first-order chi connectivity index (χ1) is 7.54. The lowest BCUT2D eigenvalue weighted by Crippen LogP contribution is -2.34. The fraction of sp³-hybridized carbons (Fsp3) is 0.571. The number of halogens is 1. The van der Waals surface area contributed by atoms with Gasteiger partial charge in [0, 0.05) is 12.1 Å². The van der Waals surface area contributed by atoms with E-state index in [0.29, 0.717) is 18.0 Å². The Morgan fingerprint density at radius 2 is 1.69 bits per heavy atom. The average Bonchev–Trinajstić information content (AvgIpc) is 2.26. The standard InChI is InChI=1S/C14H22FN/c1-5-14(16-11(4)10(2)3)12-6-8-13(15)9-7-12/h6-11,14,16H,5H2,1-4H3. The summed E-state index contributed by atoms with van der Waals surface area (Å²) in [6, 6.07) is 7.57. The third-order valence-electron chi connectivity index (χ3n) is 3.14. The van der Waals surface area contributed by atoms with E-state index in [4.69, 9.17) is 0 Å². The van der Waals surface area contributed by atoms with Crippen LogP contribution in [0.25, 0.3) is 0 Å². The zero-order valence-corrected chi connectivity index (χ0v) is 10.6. The van der Waals surface area contributed by atoms with Crippen LogP contribution in [-0.4, -0.2) is 6.04 Å². The largest absolute Gasteiger partial charge is 0.307 e. The van der Waals surface area contributed by atoms with Gasteiger partial charge in [-0.25, -0.2) is 4.39 Å². The predicted octanol–water partition coefficient (Wildman–Crippen LogP) is 3.91. The van der Waals surface area contributed by atoms with Crippen molar-refractivity contribution in [2.45, 2.75) is 46.2 Å². The van der Waals surface area contributed by atoms with Crippen molar-refractivity contribution in [1.82, 2.24) is 5.32 Å². The van der Waals surface area contributed by atoms with Gasteiger partial charge in [-0.15, -0.1) is 0 Å². The van der Waals surface area contributed by atoms with Crippen LogP contribution in [0.5, 0.6) is 0 Å². The van der Waals surface area contributed by atoms with Gasteiger partial charge in [0.15, 0.2) is 0 Å². The number of benzene rings is 1. The van der Waals surface area contributed by atoms with Gasteiger partial charge in [-0.2, -0.15) is 0 Å². The molecule has 0 aromatic heterocycles. The van der Waals surface area contributed by atoms with Crippen molar-refractivity contribution in [3.63, 3.8) is 0 Å². The average molecular weight is 223 g/mol. The summed E-state index contributed by atoms with van der Waals surface area (Å²) >= 11 is 0. The Morgan fingerprint density at radius 1 is 1.12 bits per heavy atom. The SMILES string of the molecule is CCC(NC(C)C(C)C)c1ccc(F)cc1. The van der Waals surface area contributed by atoms with E-state index in [0.717, 1.165) is 12.0 Å². The Hall–Kier alpha value is -0.890. The van der Waals surface area contributed by atoms with Crippen molar-refractivity contribution in [2.75, 3.05) is 0 Å². The maximum Gasteiger partial charge on any atom is 0.123 e. The summed E-state index contributed by atoms with van der Waals surface area (Å²) < 4.78 is 12.8. The van der Waals surface area contributed by atoms with E-state index >= 15 is 0 Å². The summed E-state index contributed by atoms with van der Waals surface area (Å²) in [5, 5.41) is 3.58. The Bertz CT molecular complexity index is 305. The summed E-state index contributed by atoms with van der Waals surface area (Å²) in [5.74, 6) is 0.435. The van der Waals surface area contributed by atoms with E-state index in [-0.39, 0.29) is 5.82 Å². The van der Waals surface area contributed by atoms with Gasteiger partial charge in [0.05, 0.1) is 0 Å². The summed E-state index contributed by atoms with van der Waals surface area (Å²) in [6.45, 7) is 8.75. The number of hydrogen-bond donors (Lipinski definition) is 1. The summed E-state index contributed by atoms with van der Waals surface area (Å²) in [4.78, 5) is 0. The molecule has 0 aliphatic carbocycles. The van der Waals surface area contributed by atoms with Gasteiger partial charge in [-0.1, -0.05) is 32.9 Å². The molecule has 1 rings (SSSR count). The molecule has 0 radical (unpaired) electrons. The van der Waals surface area contributed by atoms with Gasteiger partial charge in [-0.3, -0.25) is 0 Å². The molecule has 0 aliphatic heterocycles. The monoisotopic (exact) mass is 223 g/mol. The molecule has 0 heterocycles. The van der Waals surface area contributed by atoms with Crippen LogP contribution in [0.15, 0.2) is 24.3 Å². The van der Waals surface area contributed by atoms with Gasteiger partial charge >= 0.3 is 0 Å². The van der Waals surface area contributed by atoms with E-state index in [2.05, 4.69) is 33.0 Å². The highest BCUT2D eigenvalue weighted by molar-refractivity contribution is 5.19. The van der Waals surface area contributed by atoms with Crippen LogP contribution in [0.3, 0.4) is 0 Å². The van der Waals surface area contributed by atoms with Crippen LogP contribution in [0.2, 0.25) is 0 Å². The number of rotatable bonds is 5. The van der Waals surface area contributed by atoms with Crippen molar-refractivity contribution in [2.24, 2.45) is 5.92 Å². The lowest BCUT2D eigenvalue weighted by molar-refractivity contribution is 0.370. The zero-order valence-electron chi connectivity index (χ0n) is 10.6. The predicted molar refractivity (Wildman–Crippen MR) is 66.9 cm³/mol. The number of hydrogen-bond acceptors (Lipinski definition) is 1. The molecule has 0 aliphatic rings. The molecular formula is C14H22FN. The topological polar surface area (TPSA) is 12.0 Å². The molecule has 2 atom stereocenters. The minimum Gasteiger partial charge on any atom is -0.307 e. The quantitative estimate of drug-likeness (QED) is 0.798. The molecule has 0 saturated carbocycles. The smallest absolute Gasteiger partial charge is 0.123 e. The number of nitrogens with one attached hydrogen (secondary N) is 1. The molecule has 0 spiro atoms. The van der Waals surface area contributed by atoms with E-state index in [1.165, 1.54) is 12.1 Å². The van der Waals surface area contributed by atoms with Crippen molar-refractivity contribution >= 4 is 0 Å². The van der Waals surface area contributed by atoms with Crippen LogP contribution in [0.1, 0.15) is 45.7 Å². The summed E-state index contributed by atoms with van der Waals surface area (Å²) in [5.41, 5.74) is 1.16. The molecule has 0 amide bonds. The zero-order chi connectivity index (χ0) is 12.1. The minimum atomic E-state index is -0.171. The van der Waals surface area contributed by atoms with E-state index in [9.17, 15) is 4.39 Å². The fourth-order valence-corrected chi connectivity index (χ4v) is 1.65. The second-order valence-electron chi connectivity index (χ2n) is 4.71. The molecule has 1 aromatic carbocycles. The molecule has 0 saturated heterocycles. The minimum absolute atomic E-state index is 0.171. The molecule has 0 fully saturated rings. The van der Waals surface area contributed by atoms with Crippen molar-refractivity contribution in [1.29, 1.82) is 0 Å². The van der Waals surface area contributed by atoms with Gasteiger partial charge in [0.25, 0.3) is 0 Å². The van der Waals surface area contributed by atoms with Crippen molar-refractivity contribution < 1.29 is 4.39 Å². The van der Waals surface area contributed by atoms with Crippen LogP contribution in [-0.2, 0) is 0 Å². The molecule has 1 aromatic rings. The third kappa shape index (κ3) is 3.60. The van der Waals surface area contributed by atoms with Crippen molar-refractivity contribution in [3.05, 3.63) is 35.6 Å². The maximum atomic E-state index is 12.8. The lowest BCUT2D eigenvalue weighted by atomic mass is 10.00. The summed E-state index contributed by atoms with van der Waals surface area (Å²) in [7, 11) is 0. The Balaban J connectivity index is 2.70. The fourth-order valence-electron chi connectivity index (χ4n) is 1.65. The van der Waals surface area contributed by atoms with E-state index in [1.54, 1.807) is 0 Å². The highest BCUT2D eigenvalue weighted by atomic mass is 19.1. The molecule has 2 unspecified atom stereocenters. The highest BCUT2D eigenvalue weighted by Gasteiger charge is 2.14. The molecule has 0 bridgehead atoms. The Labute approximate surface area is 98.1 Å². The normalized spacial score (nSPS) is 15.1. The van der Waals surface area contributed by atoms with Crippen LogP contribution < -0.4 is 5.32 Å². The Kier molecular flexibility index (Phi) is 4.94. The van der Waals surface area contributed by atoms with Gasteiger partial charge < -0.3 is 5.32 Å². The van der Waals surface area contributed by atoms with Crippen LogP contribution >= 0.6 is 0 Å². The van der Waals surface area contributed by atoms with Crippen LogP contribution in [0.4, 0.5) is 4.39 Å². The lowest BCUT2D eigenvalue weighted by Gasteiger charge is -2.25. The molecular weight excluding hydrogens is 201 g/mol. The Morgan fingerprint density at radius 3 is 2.12 bits per heavy atom. The van der Waals surface area contributed by atoms with E-state index < -0.39 is 0 Å². The molecule has 1 nitrogen and oxygen atoms in total. The van der Waals surface area contributed by atoms with Crippen molar-refractivity contribution in [3.8, 4) is 0 Å². The molecule has 16 heavy (non-hydrogen) atoms. The first-order valence-electron chi connectivity index (χ1n) is 6.06. The second-order valence-corrected chi connectivity index (χ2v) is 4.71. The second kappa shape index (κ2) is 6.00. The van der Waals surface area contributed by atoms with Gasteiger partial charge in [0.1, 0.15) is 5.82 Å². The maximum absolute atomic E-state index is 12.8. The van der Waals surface area contributed by atoms with Gasteiger partial charge in [-0.05, 0) is 37.0 Å². The third-order valence-corrected chi connectivity index (χ3v) is 3.14. The summed E-state index contributed by atoms with van der Waals surface area (Å²) in [6.07, 6.45) is 1.02. The first kappa shape index (κ1) is 13.2. The molecule has 2 heteroatoms. The highest BCUT2D eigenvalue weighted by Crippen LogP contribution is 2.19. The first-order valence-corrected chi connectivity index (χ1v) is 6.06. The molecule has 90 valence electrons. The van der Waals surface area contributed by atoms with Crippen LogP contribution in [0, 0.1) is 11.7 Å². The van der Waals surface area contributed by atoms with E-state index in [1.807, 2.05) is 12.1 Å². The van der Waals surface area contributed by atoms with Gasteiger partial charge in [0.2, 0.25) is 0 Å².